The number of nitrogens with one attached hydrogen (secondary N) is 2. The van der Waals surface area contributed by atoms with Crippen molar-refractivity contribution in [2.24, 2.45) is 46.7 Å². The number of benzene rings is 12. The average molecular weight is 1780 g/mol. The number of nitrogen functional groups attached to an aromatic ring is 2. The summed E-state index contributed by atoms with van der Waals surface area (Å²) in [7, 11) is -5.21. The molecule has 0 spiro atoms. The fourth-order valence-corrected chi connectivity index (χ4v) is 13.6. The van der Waals surface area contributed by atoms with Crippen LogP contribution in [0, 0.1) is 40.5 Å². The molecule has 0 saturated heterocycles. The Morgan fingerprint density at radius 1 is 0.476 bits per heavy atom. The number of nitro benzene ring substituents is 4. The van der Waals surface area contributed by atoms with Crippen LogP contribution in [0.2, 0.25) is 0 Å². The molecule has 7 N–H and O–H groups in total. The van der Waals surface area contributed by atoms with E-state index < -0.39 is 76.7 Å². The number of non-ortho nitro benzene ring substituents is 4. The average Bonchev–Trinajstić information content (AvgIpc) is 1.00. The number of para-hydroxylation sites is 1. The molecule has 638 valence electrons. The second kappa shape index (κ2) is 42.9. The third-order valence-electron chi connectivity index (χ3n) is 17.1. The van der Waals surface area contributed by atoms with Gasteiger partial charge < -0.3 is 30.2 Å². The fraction of sp³-hybridized carbons (Fsp3) is 0.0886. The molecule has 0 saturated carbocycles. The number of phenols is 1. The van der Waals surface area contributed by atoms with Crippen LogP contribution in [0.3, 0.4) is 0 Å². The third kappa shape index (κ3) is 24.3. The van der Waals surface area contributed by atoms with Gasteiger partial charge in [-0.05, 0) is 135 Å². The summed E-state index contributed by atoms with van der Waals surface area (Å²) in [4.78, 5) is 49.5. The number of rotatable bonds is 17. The second-order valence-corrected chi connectivity index (χ2v) is 29.3. The van der Waals surface area contributed by atoms with Crippen LogP contribution in [0.15, 0.2) is 307 Å². The van der Waals surface area contributed by atoms with Crippen LogP contribution in [-0.4, -0.2) is 136 Å². The molecule has 47 heteroatoms. The maximum atomic E-state index is 11.3. The number of aryl methyl sites for hydroxylation is 3. The van der Waals surface area contributed by atoms with Crippen LogP contribution >= 0.6 is 0 Å². The maximum absolute atomic E-state index is 11.3. The number of amidine groups is 1. The van der Waals surface area contributed by atoms with Gasteiger partial charge >= 0.3 is 52.9 Å². The number of azo groups is 3. The molecule has 126 heavy (non-hydrogen) atoms. The summed E-state index contributed by atoms with van der Waals surface area (Å²) in [5.41, 5.74) is 17.7. The molecular weight excluding hydrogens is 1710 g/mol. The Kier molecular flexibility index (Phi) is 32.7. The molecule has 0 bridgehead atoms. The zero-order valence-corrected chi connectivity index (χ0v) is 71.0. The monoisotopic (exact) mass is 1780 g/mol. The largest absolute Gasteiger partial charge is 1.00 e. The van der Waals surface area contributed by atoms with E-state index in [1.165, 1.54) is 76.0 Å². The summed E-state index contributed by atoms with van der Waals surface area (Å²) >= 11 is 0. The first kappa shape index (κ1) is 96.0. The van der Waals surface area contributed by atoms with Crippen LogP contribution in [-0.2, 0) is 51.5 Å². The van der Waals surface area contributed by atoms with Crippen molar-refractivity contribution in [1.82, 2.24) is 45.1 Å². The van der Waals surface area contributed by atoms with E-state index in [0.717, 1.165) is 40.3 Å². The van der Waals surface area contributed by atoms with Crippen molar-refractivity contribution in [3.63, 3.8) is 0 Å². The van der Waals surface area contributed by atoms with Crippen molar-refractivity contribution in [3.8, 4) is 57.0 Å². The van der Waals surface area contributed by atoms with E-state index in [1.54, 1.807) is 115 Å². The number of hydrogen-bond donors (Lipinski definition) is 5. The standard InChI is InChI=1S/C14H11N6O4.C14H12N5O2.C14H12N4O2.C14H13N4.C11H11N3O7S2.C11H11N3O3S.CH4.Na/c1-17-15-14(10-2-4-12(5-3-10)19(21)22)16-18(17)11-6-8-13(9-7-11)20(23)24;1-17-15-14(11-5-3-2-4-6-11)18(16-17)12-7-9-13(10-8-12)19(20)21;1-15-17-14(11-5-3-2-4-6-11)16-12-7-9-13(10-8-12)18(19)20;1-17-15-14(12-8-4-2-5-9-12)16-18(17)13-10-6-3-7-11-13;1-13-14-6-3-2-5-7(22(16,17)18)4-8(23(19,20)21)10(12)9(5)11(6)15;1-13-14-9-6-10(18(15,16)17)7-4-2-3-5-8(7)11(9)12;;/h2-9H,1H3;2-10H,1H3;2-10H,1H3;2-11H,1H3;2-4,15H,12H2,1H3,(H,16,17,18)(H,19,20,21);2-6H,12H2,1H3,(H,15,16,17);1H4;/q2*+1;;+1;;;;+1/p-1. The second-order valence-electron chi connectivity index (χ2n) is 25.3. The minimum Gasteiger partial charge on any atom is -0.744 e. The van der Waals surface area contributed by atoms with Gasteiger partial charge in [-0.2, -0.15) is 10.2 Å². The molecule has 0 radical (unpaired) electrons. The van der Waals surface area contributed by atoms with Crippen molar-refractivity contribution >= 4 is 109 Å². The van der Waals surface area contributed by atoms with Crippen LogP contribution in [0.5, 0.6) is 5.75 Å². The van der Waals surface area contributed by atoms with E-state index in [1.807, 2.05) is 128 Å². The van der Waals surface area contributed by atoms with Gasteiger partial charge in [0.2, 0.25) is 0 Å². The molecule has 0 aliphatic carbocycles. The molecule has 15 rings (SSSR count). The molecule has 0 fully saturated rings. The summed E-state index contributed by atoms with van der Waals surface area (Å²) in [6.45, 7) is 0. The Morgan fingerprint density at radius 2 is 0.897 bits per heavy atom. The molecule has 0 aliphatic heterocycles. The van der Waals surface area contributed by atoms with E-state index in [0.29, 0.717) is 62.6 Å². The summed E-state index contributed by atoms with van der Waals surface area (Å²) in [5.74, 6) is 1.66. The Balaban J connectivity index is 0.000000187. The quantitative estimate of drug-likeness (QED) is 0.00894. The van der Waals surface area contributed by atoms with Gasteiger partial charge in [-0.1, -0.05) is 130 Å². The minimum absolute atomic E-state index is 0. The number of tetrazole rings is 3. The summed E-state index contributed by atoms with van der Waals surface area (Å²) in [6.07, 6.45) is 0. The number of aromatic nitrogens is 12. The molecule has 0 aliphatic rings. The van der Waals surface area contributed by atoms with E-state index in [4.69, 9.17) is 11.5 Å². The van der Waals surface area contributed by atoms with Crippen LogP contribution < -0.4 is 65.4 Å². The number of aromatic hydroxyl groups is 1. The normalized spacial score (nSPS) is 11.3. The van der Waals surface area contributed by atoms with Crippen molar-refractivity contribution < 1.29 is 118 Å². The smallest absolute Gasteiger partial charge is 0.744 e. The number of nitrogens with zero attached hydrogens (tertiary/aromatic N) is 21. The van der Waals surface area contributed by atoms with Crippen molar-refractivity contribution in [3.05, 3.63) is 313 Å². The molecule has 3 aromatic heterocycles. The van der Waals surface area contributed by atoms with Crippen molar-refractivity contribution in [2.75, 3.05) is 32.6 Å². The van der Waals surface area contributed by atoms with E-state index in [9.17, 15) is 84.5 Å². The Morgan fingerprint density at radius 3 is 1.37 bits per heavy atom. The molecular formula is C79H73N25NaO18S3+3. The van der Waals surface area contributed by atoms with Gasteiger partial charge in [0.15, 0.2) is 18.5 Å². The first-order valence-electron chi connectivity index (χ1n) is 35.7. The van der Waals surface area contributed by atoms with Gasteiger partial charge in [-0.25, -0.2) is 30.2 Å². The zero-order chi connectivity index (χ0) is 89.7. The number of fused-ring (bicyclic) bond motifs is 2. The van der Waals surface area contributed by atoms with Gasteiger partial charge in [-0.15, -0.1) is 5.11 Å². The molecule has 0 amide bonds. The van der Waals surface area contributed by atoms with E-state index in [2.05, 4.69) is 66.4 Å². The number of hydrogen-bond acceptors (Lipinski definition) is 30. The van der Waals surface area contributed by atoms with E-state index >= 15 is 0 Å². The molecule has 43 nitrogen and oxygen atoms in total. The molecule has 3 heterocycles. The summed E-state index contributed by atoms with van der Waals surface area (Å²) in [5, 5.41) is 100. The SMILES string of the molecule is C.CN=NC(=[NH+]c1ccc([N+](=O)[O-])cc1)c1ccccc1.CN=Nc1ccc2c(S(=O)(=O)[O-])cc(S(=O)(=O)[O-])c(N)c2c1O.C[NH+]=Nc1cc(S(=O)(=O)[O-])c2ccccc2c1N.C[n+]1nc(-c2ccc([N+](=O)[O-])cc2)nn1-c1ccc([N+](=O)[O-])cc1.C[n+]1nc(-c2ccccc2)nn1-c1ccccc1.Cn1nc(-c2ccccc2)[n+](-c2ccc([N+](=O)[O-])cc2)n1.[Na+]. The Labute approximate surface area is 738 Å². The zero-order valence-electron chi connectivity index (χ0n) is 66.6. The maximum Gasteiger partial charge on any atom is 1.00 e. The predicted octanol–water partition coefficient (Wildman–Crippen LogP) is 5.25. The summed E-state index contributed by atoms with van der Waals surface area (Å²) < 4.78 is 103. The van der Waals surface area contributed by atoms with Crippen molar-refractivity contribution in [2.45, 2.75) is 22.1 Å². The molecule has 15 aromatic rings. The van der Waals surface area contributed by atoms with Gasteiger partial charge in [0.1, 0.15) is 79.9 Å². The first-order chi connectivity index (χ1) is 59.1. The molecule has 12 aromatic carbocycles. The van der Waals surface area contributed by atoms with Gasteiger partial charge in [0, 0.05) is 81.3 Å². The fourth-order valence-electron chi connectivity index (χ4n) is 11.5. The van der Waals surface area contributed by atoms with E-state index in [-0.39, 0.29) is 81.4 Å². The number of anilines is 2. The molecule has 0 atom stereocenters. The number of nitro groups is 4. The topological polar surface area (TPSA) is 610 Å². The molecule has 0 unspecified atom stereocenters. The van der Waals surface area contributed by atoms with Crippen molar-refractivity contribution in [1.29, 1.82) is 0 Å². The van der Waals surface area contributed by atoms with Crippen LogP contribution in [0.1, 0.15) is 13.0 Å². The Hall–Kier alpha value is -15.4. The number of nitrogens with two attached hydrogens (primary N) is 2. The summed E-state index contributed by atoms with van der Waals surface area (Å²) in [6, 6.07) is 73.5. The van der Waals surface area contributed by atoms with Gasteiger partial charge in [-0.3, -0.25) is 40.5 Å². The Bertz CT molecular complexity index is 6930. The predicted molar refractivity (Wildman–Crippen MR) is 447 cm³/mol. The number of phenolic OH excluding ortho intramolecular Hbond substituents is 1. The van der Waals surface area contributed by atoms with Crippen LogP contribution in [0.25, 0.3) is 72.8 Å². The minimum atomic E-state index is -5.19. The third-order valence-corrected chi connectivity index (χ3v) is 19.8. The van der Waals surface area contributed by atoms with Gasteiger partial charge in [0.05, 0.1) is 106 Å². The van der Waals surface area contributed by atoms with Crippen LogP contribution in [0.4, 0.5) is 51.2 Å². The first-order valence-corrected chi connectivity index (χ1v) is 39.9. The van der Waals surface area contributed by atoms with Gasteiger partial charge in [0.25, 0.3) is 22.7 Å².